The molecule has 170 valence electrons. The topological polar surface area (TPSA) is 74.2 Å². The lowest BCUT2D eigenvalue weighted by atomic mass is 9.88. The van der Waals surface area contributed by atoms with Crippen molar-refractivity contribution in [3.05, 3.63) is 70.5 Å². The van der Waals surface area contributed by atoms with E-state index in [-0.39, 0.29) is 17.3 Å². The first kappa shape index (κ1) is 23.8. The van der Waals surface area contributed by atoms with Gasteiger partial charge in [-0.3, -0.25) is 4.98 Å². The van der Waals surface area contributed by atoms with E-state index in [0.29, 0.717) is 11.6 Å². The van der Waals surface area contributed by atoms with Gasteiger partial charge in [0.25, 0.3) is 5.60 Å². The number of aliphatic hydroxyl groups is 1. The molecule has 32 heavy (non-hydrogen) atoms. The van der Waals surface area contributed by atoms with Crippen LogP contribution in [-0.4, -0.2) is 28.5 Å². The van der Waals surface area contributed by atoms with Crippen molar-refractivity contribution < 1.29 is 36.2 Å². The van der Waals surface area contributed by atoms with Gasteiger partial charge in [-0.2, -0.15) is 26.3 Å². The van der Waals surface area contributed by atoms with Gasteiger partial charge < -0.3 is 15.7 Å². The Kier molecular flexibility index (Phi) is 6.38. The molecule has 0 aliphatic heterocycles. The fraction of sp³-hybridized carbons (Fsp3) is 0.200. The van der Waals surface area contributed by atoms with Gasteiger partial charge in [0.15, 0.2) is 0 Å². The van der Waals surface area contributed by atoms with Crippen molar-refractivity contribution in [2.45, 2.75) is 24.5 Å². The first-order valence-electron chi connectivity index (χ1n) is 8.87. The molecule has 2 aromatic carbocycles. The smallest absolute Gasteiger partial charge is 0.369 e. The minimum Gasteiger partial charge on any atom is -0.369 e. The van der Waals surface area contributed by atoms with E-state index >= 15 is 0 Å². The van der Waals surface area contributed by atoms with Crippen LogP contribution in [0.3, 0.4) is 0 Å². The molecule has 1 aromatic heterocycles. The lowest BCUT2D eigenvalue weighted by Crippen LogP contribution is -2.54. The molecule has 0 aliphatic rings. The van der Waals surface area contributed by atoms with Crippen molar-refractivity contribution >= 4 is 38.4 Å². The van der Waals surface area contributed by atoms with Gasteiger partial charge in [0.1, 0.15) is 0 Å². The fourth-order valence-electron chi connectivity index (χ4n) is 3.01. The molecule has 0 fully saturated rings. The predicted molar refractivity (Wildman–Crippen MR) is 108 cm³/mol. The highest BCUT2D eigenvalue weighted by Gasteiger charge is 2.72. The number of aromatic nitrogens is 1. The largest absolute Gasteiger partial charge is 0.430 e. The number of pyridine rings is 1. The Morgan fingerprint density at radius 2 is 1.59 bits per heavy atom. The molecule has 2 amide bonds. The van der Waals surface area contributed by atoms with Gasteiger partial charge in [0, 0.05) is 39.7 Å². The summed E-state index contributed by atoms with van der Waals surface area (Å²) in [6.07, 6.45) is -9.89. The standard InChI is InChI=1S/C20H14BrF6N3O2/c21-13-4-1-11(2-5-13)9-29-17(31)30-16-14-7-8-28-10-12(14)3-6-15(16)18(32,19(22,23)24)20(25,26)27/h1-8,10,32H,9H2,(H2,29,30,31). The highest BCUT2D eigenvalue weighted by molar-refractivity contribution is 9.10. The van der Waals surface area contributed by atoms with E-state index in [9.17, 15) is 36.2 Å². The quantitative estimate of drug-likeness (QED) is 0.389. The monoisotopic (exact) mass is 521 g/mol. The first-order chi connectivity index (χ1) is 14.8. The SMILES string of the molecule is O=C(NCc1ccc(Br)cc1)Nc1c(C(O)(C(F)(F)F)C(F)(F)F)ccc2cnccc12. The third kappa shape index (κ3) is 4.51. The van der Waals surface area contributed by atoms with Crippen LogP contribution < -0.4 is 10.6 Å². The number of benzene rings is 2. The fourth-order valence-corrected chi connectivity index (χ4v) is 3.28. The zero-order valence-corrected chi connectivity index (χ0v) is 17.4. The zero-order chi connectivity index (χ0) is 23.7. The minimum absolute atomic E-state index is 0.0520. The van der Waals surface area contributed by atoms with Crippen molar-refractivity contribution in [1.29, 1.82) is 0 Å². The van der Waals surface area contributed by atoms with Crippen molar-refractivity contribution in [1.82, 2.24) is 10.3 Å². The first-order valence-corrected chi connectivity index (χ1v) is 9.66. The number of nitrogens with one attached hydrogen (secondary N) is 2. The van der Waals surface area contributed by atoms with Crippen molar-refractivity contribution in [3.8, 4) is 0 Å². The van der Waals surface area contributed by atoms with Crippen LogP contribution in [0.1, 0.15) is 11.1 Å². The zero-order valence-electron chi connectivity index (χ0n) is 15.9. The molecule has 5 nitrogen and oxygen atoms in total. The molecular weight excluding hydrogens is 508 g/mol. The van der Waals surface area contributed by atoms with E-state index in [1.807, 2.05) is 5.32 Å². The van der Waals surface area contributed by atoms with Crippen LogP contribution in [0.5, 0.6) is 0 Å². The summed E-state index contributed by atoms with van der Waals surface area (Å²) in [5.74, 6) is 0. The summed E-state index contributed by atoms with van der Waals surface area (Å²) in [6, 6.07) is 8.19. The van der Waals surface area contributed by atoms with E-state index in [2.05, 4.69) is 26.2 Å². The maximum atomic E-state index is 13.5. The third-order valence-corrected chi connectivity index (χ3v) is 5.16. The number of carbonyl (C=O) groups excluding carboxylic acids is 1. The summed E-state index contributed by atoms with van der Waals surface area (Å²) >= 11 is 3.24. The number of alkyl halides is 6. The van der Waals surface area contributed by atoms with E-state index in [1.165, 1.54) is 6.20 Å². The summed E-state index contributed by atoms with van der Waals surface area (Å²) in [7, 11) is 0. The van der Waals surface area contributed by atoms with Gasteiger partial charge in [0.2, 0.25) is 0 Å². The molecular formula is C20H14BrF6N3O2. The summed E-state index contributed by atoms with van der Waals surface area (Å²) in [4.78, 5) is 16.2. The molecule has 0 atom stereocenters. The average molecular weight is 522 g/mol. The Balaban J connectivity index is 2.04. The Morgan fingerprint density at radius 3 is 2.19 bits per heavy atom. The molecule has 0 spiro atoms. The lowest BCUT2D eigenvalue weighted by Gasteiger charge is -2.34. The van der Waals surface area contributed by atoms with E-state index in [0.717, 1.165) is 22.8 Å². The Morgan fingerprint density at radius 1 is 0.969 bits per heavy atom. The molecule has 0 radical (unpaired) electrons. The Labute approximate surface area is 185 Å². The Hall–Kier alpha value is -2.86. The maximum absolute atomic E-state index is 13.5. The highest BCUT2D eigenvalue weighted by Crippen LogP contribution is 2.52. The second-order valence-electron chi connectivity index (χ2n) is 6.73. The van der Waals surface area contributed by atoms with Crippen LogP contribution in [0.4, 0.5) is 36.8 Å². The molecule has 3 aromatic rings. The van der Waals surface area contributed by atoms with Gasteiger partial charge in [-0.25, -0.2) is 4.79 Å². The second kappa shape index (κ2) is 8.58. The number of fused-ring (bicyclic) bond motifs is 1. The number of hydrogen-bond acceptors (Lipinski definition) is 3. The van der Waals surface area contributed by atoms with Gasteiger partial charge in [0.05, 0.1) is 5.69 Å². The van der Waals surface area contributed by atoms with Crippen molar-refractivity contribution in [2.24, 2.45) is 0 Å². The van der Waals surface area contributed by atoms with Crippen molar-refractivity contribution in [2.75, 3.05) is 5.32 Å². The summed E-state index contributed by atoms with van der Waals surface area (Å²) < 4.78 is 81.7. The van der Waals surface area contributed by atoms with Gasteiger partial charge in [-0.05, 0) is 23.8 Å². The number of hydrogen-bond donors (Lipinski definition) is 3. The molecule has 0 saturated carbocycles. The highest BCUT2D eigenvalue weighted by atomic mass is 79.9. The van der Waals surface area contributed by atoms with E-state index in [1.54, 1.807) is 24.3 Å². The second-order valence-corrected chi connectivity index (χ2v) is 7.64. The molecule has 1 heterocycles. The molecule has 3 rings (SSSR count). The lowest BCUT2D eigenvalue weighted by molar-refractivity contribution is -0.375. The average Bonchev–Trinajstić information content (AvgIpc) is 2.71. The predicted octanol–water partition coefficient (Wildman–Crippen LogP) is 5.63. The molecule has 0 aliphatic carbocycles. The summed E-state index contributed by atoms with van der Waals surface area (Å²) in [6.45, 7) is -0.0520. The van der Waals surface area contributed by atoms with Gasteiger partial charge in [-0.1, -0.05) is 40.2 Å². The number of carbonyl (C=O) groups is 1. The molecule has 0 unspecified atom stereocenters. The summed E-state index contributed by atoms with van der Waals surface area (Å²) in [5, 5.41) is 14.3. The number of rotatable bonds is 4. The summed E-state index contributed by atoms with van der Waals surface area (Å²) in [5.41, 5.74) is -6.98. The number of urea groups is 1. The van der Waals surface area contributed by atoms with Crippen LogP contribution >= 0.6 is 15.9 Å². The molecule has 0 bridgehead atoms. The molecule has 3 N–H and O–H groups in total. The van der Waals surface area contributed by atoms with E-state index < -0.39 is 35.2 Å². The molecule has 0 saturated heterocycles. The van der Waals surface area contributed by atoms with Crippen LogP contribution in [0.15, 0.2) is 59.3 Å². The van der Waals surface area contributed by atoms with E-state index in [4.69, 9.17) is 0 Å². The van der Waals surface area contributed by atoms with Crippen LogP contribution in [0, 0.1) is 0 Å². The van der Waals surface area contributed by atoms with Crippen LogP contribution in [-0.2, 0) is 12.1 Å². The normalized spacial score (nSPS) is 12.6. The van der Waals surface area contributed by atoms with Crippen LogP contribution in [0.25, 0.3) is 10.8 Å². The number of halogens is 7. The van der Waals surface area contributed by atoms with Crippen LogP contribution in [0.2, 0.25) is 0 Å². The number of amides is 2. The minimum atomic E-state index is -6.11. The number of nitrogens with zero attached hydrogens (tertiary/aromatic N) is 1. The van der Waals surface area contributed by atoms with Crippen molar-refractivity contribution in [3.63, 3.8) is 0 Å². The third-order valence-electron chi connectivity index (χ3n) is 4.64. The van der Waals surface area contributed by atoms with Gasteiger partial charge in [-0.15, -0.1) is 0 Å². The van der Waals surface area contributed by atoms with Gasteiger partial charge >= 0.3 is 18.4 Å². The molecule has 12 heteroatoms. The maximum Gasteiger partial charge on any atom is 0.430 e. The number of anilines is 1. The Bertz CT molecular complexity index is 1120.